The fourth-order valence-electron chi connectivity index (χ4n) is 4.58. The number of carbonyl (C=O) groups is 1. The van der Waals surface area contributed by atoms with Crippen molar-refractivity contribution in [3.63, 3.8) is 0 Å². The third-order valence-electron chi connectivity index (χ3n) is 6.27. The van der Waals surface area contributed by atoms with E-state index < -0.39 is 0 Å². The Balaban J connectivity index is 1.87. The van der Waals surface area contributed by atoms with Crippen molar-refractivity contribution >= 4 is 16.8 Å². The van der Waals surface area contributed by atoms with Gasteiger partial charge in [-0.15, -0.1) is 0 Å². The van der Waals surface area contributed by atoms with Gasteiger partial charge in [0.25, 0.3) is 5.91 Å². The molecule has 6 nitrogen and oxygen atoms in total. The van der Waals surface area contributed by atoms with Crippen LogP contribution in [-0.2, 0) is 0 Å². The number of ether oxygens (including phenoxy) is 3. The molecule has 0 bridgehead atoms. The van der Waals surface area contributed by atoms with Crippen LogP contribution in [0.2, 0.25) is 0 Å². The first-order valence-corrected chi connectivity index (χ1v) is 11.1. The molecule has 4 rings (SSSR count). The Hall–Kier alpha value is -3.28. The van der Waals surface area contributed by atoms with Gasteiger partial charge in [0, 0.05) is 23.5 Å². The molecule has 1 amide bonds. The van der Waals surface area contributed by atoms with Crippen LogP contribution < -0.4 is 14.2 Å². The van der Waals surface area contributed by atoms with E-state index in [1.54, 1.807) is 21.3 Å². The molecule has 0 spiro atoms. The summed E-state index contributed by atoms with van der Waals surface area (Å²) in [5, 5.41) is 0.870. The highest BCUT2D eigenvalue weighted by atomic mass is 16.5. The van der Waals surface area contributed by atoms with E-state index in [1.165, 1.54) is 6.42 Å². The van der Waals surface area contributed by atoms with Gasteiger partial charge in [0.1, 0.15) is 0 Å². The lowest BCUT2D eigenvalue weighted by atomic mass is 9.97. The second kappa shape index (κ2) is 9.47. The van der Waals surface area contributed by atoms with Gasteiger partial charge in [-0.25, -0.2) is 4.98 Å². The largest absolute Gasteiger partial charge is 0.493 e. The van der Waals surface area contributed by atoms with Crippen LogP contribution in [0, 0.1) is 0 Å². The Labute approximate surface area is 189 Å². The molecule has 2 heterocycles. The van der Waals surface area contributed by atoms with Crippen LogP contribution in [-0.4, -0.2) is 49.7 Å². The van der Waals surface area contributed by atoms with Gasteiger partial charge in [0.15, 0.2) is 11.5 Å². The number of carbonyl (C=O) groups excluding carboxylic acids is 1. The van der Waals surface area contributed by atoms with Crippen molar-refractivity contribution in [3.8, 4) is 28.5 Å². The first kappa shape index (κ1) is 21.9. The molecule has 3 aromatic rings. The number of fused-ring (bicyclic) bond motifs is 1. The van der Waals surface area contributed by atoms with E-state index in [0.29, 0.717) is 28.5 Å². The number of benzene rings is 2. The van der Waals surface area contributed by atoms with E-state index in [2.05, 4.69) is 6.92 Å². The number of piperidine rings is 1. The molecule has 1 aromatic heterocycles. The quantitative estimate of drug-likeness (QED) is 0.525. The van der Waals surface area contributed by atoms with Gasteiger partial charge in [-0.05, 0) is 49.9 Å². The molecule has 32 heavy (non-hydrogen) atoms. The Morgan fingerprint density at radius 3 is 2.41 bits per heavy atom. The molecular formula is C26H30N2O4. The molecule has 168 valence electrons. The minimum absolute atomic E-state index is 0.0730. The van der Waals surface area contributed by atoms with Crippen molar-refractivity contribution in [2.24, 2.45) is 0 Å². The van der Waals surface area contributed by atoms with Gasteiger partial charge >= 0.3 is 0 Å². The van der Waals surface area contributed by atoms with E-state index >= 15 is 0 Å². The summed E-state index contributed by atoms with van der Waals surface area (Å²) in [5.41, 5.74) is 2.95. The number of amides is 1. The van der Waals surface area contributed by atoms with Crippen molar-refractivity contribution in [2.45, 2.75) is 38.6 Å². The van der Waals surface area contributed by atoms with E-state index in [1.807, 2.05) is 47.4 Å². The van der Waals surface area contributed by atoms with Crippen LogP contribution in [0.3, 0.4) is 0 Å². The van der Waals surface area contributed by atoms with Gasteiger partial charge in [-0.2, -0.15) is 0 Å². The maximum absolute atomic E-state index is 13.7. The summed E-state index contributed by atoms with van der Waals surface area (Å²) in [6.45, 7) is 2.95. The second-order valence-corrected chi connectivity index (χ2v) is 8.04. The third kappa shape index (κ3) is 3.97. The van der Waals surface area contributed by atoms with Crippen molar-refractivity contribution in [3.05, 3.63) is 48.0 Å². The highest BCUT2D eigenvalue weighted by Crippen LogP contribution is 2.41. The number of aromatic nitrogens is 1. The smallest absolute Gasteiger partial charge is 0.254 e. The number of nitrogens with zero attached hydrogens (tertiary/aromatic N) is 2. The molecule has 1 unspecified atom stereocenters. The minimum atomic E-state index is 0.0730. The lowest BCUT2D eigenvalue weighted by molar-refractivity contribution is 0.0610. The molecular weight excluding hydrogens is 404 g/mol. The molecule has 1 fully saturated rings. The third-order valence-corrected chi connectivity index (χ3v) is 6.27. The molecule has 1 atom stereocenters. The highest BCUT2D eigenvalue weighted by Gasteiger charge is 2.28. The minimum Gasteiger partial charge on any atom is -0.493 e. The molecule has 6 heteroatoms. The lowest BCUT2D eigenvalue weighted by Gasteiger charge is -2.35. The van der Waals surface area contributed by atoms with Crippen molar-refractivity contribution in [1.82, 2.24) is 9.88 Å². The average molecular weight is 435 g/mol. The topological polar surface area (TPSA) is 60.9 Å². The van der Waals surface area contributed by atoms with Crippen LogP contribution in [0.25, 0.3) is 22.2 Å². The van der Waals surface area contributed by atoms with Crippen LogP contribution in [0.1, 0.15) is 43.0 Å². The average Bonchev–Trinajstić information content (AvgIpc) is 2.86. The zero-order valence-electron chi connectivity index (χ0n) is 19.2. The molecule has 0 saturated carbocycles. The van der Waals surface area contributed by atoms with E-state index in [4.69, 9.17) is 19.2 Å². The van der Waals surface area contributed by atoms with Crippen molar-refractivity contribution < 1.29 is 19.0 Å². The standard InChI is InChI=1S/C26H30N2O4/c1-5-18-10-8-9-13-28(18)26(29)20-16-22(27-21-12-7-6-11-19(20)21)17-14-23(30-2)25(32-4)24(15-17)31-3/h6-7,11-12,14-16,18H,5,8-10,13H2,1-4H3. The molecule has 1 aliphatic rings. The monoisotopic (exact) mass is 434 g/mol. The molecule has 2 aromatic carbocycles. The summed E-state index contributed by atoms with van der Waals surface area (Å²) < 4.78 is 16.5. The summed E-state index contributed by atoms with van der Waals surface area (Å²) in [7, 11) is 4.75. The second-order valence-electron chi connectivity index (χ2n) is 8.04. The zero-order chi connectivity index (χ0) is 22.7. The van der Waals surface area contributed by atoms with Crippen molar-refractivity contribution in [2.75, 3.05) is 27.9 Å². The van der Waals surface area contributed by atoms with Gasteiger partial charge in [-0.1, -0.05) is 25.1 Å². The number of pyridine rings is 1. The first-order valence-electron chi connectivity index (χ1n) is 11.1. The summed E-state index contributed by atoms with van der Waals surface area (Å²) in [6.07, 6.45) is 4.25. The van der Waals surface area contributed by atoms with Crippen LogP contribution in [0.4, 0.5) is 0 Å². The lowest BCUT2D eigenvalue weighted by Crippen LogP contribution is -2.43. The van der Waals surface area contributed by atoms with E-state index in [9.17, 15) is 4.79 Å². The van der Waals surface area contributed by atoms with E-state index in [-0.39, 0.29) is 11.9 Å². The van der Waals surface area contributed by atoms with Gasteiger partial charge < -0.3 is 19.1 Å². The zero-order valence-corrected chi connectivity index (χ0v) is 19.2. The molecule has 0 radical (unpaired) electrons. The van der Waals surface area contributed by atoms with Gasteiger partial charge in [-0.3, -0.25) is 4.79 Å². The first-order chi connectivity index (χ1) is 15.6. The van der Waals surface area contributed by atoms with Gasteiger partial charge in [0.2, 0.25) is 5.75 Å². The molecule has 0 aliphatic carbocycles. The maximum atomic E-state index is 13.7. The summed E-state index contributed by atoms with van der Waals surface area (Å²) in [4.78, 5) is 20.6. The maximum Gasteiger partial charge on any atom is 0.254 e. The fraction of sp³-hybridized carbons (Fsp3) is 0.385. The fourth-order valence-corrected chi connectivity index (χ4v) is 4.58. The van der Waals surface area contributed by atoms with Gasteiger partial charge in [0.05, 0.1) is 38.1 Å². The number of hydrogen-bond acceptors (Lipinski definition) is 5. The number of methoxy groups -OCH3 is 3. The molecule has 0 N–H and O–H groups in total. The molecule has 1 saturated heterocycles. The normalized spacial score (nSPS) is 16.1. The summed E-state index contributed by atoms with van der Waals surface area (Å²) in [6, 6.07) is 13.7. The predicted molar refractivity (Wildman–Crippen MR) is 126 cm³/mol. The predicted octanol–water partition coefficient (Wildman–Crippen LogP) is 5.33. The Morgan fingerprint density at radius 1 is 1.03 bits per heavy atom. The number of likely N-dealkylation sites (tertiary alicyclic amines) is 1. The SMILES string of the molecule is CCC1CCCCN1C(=O)c1cc(-c2cc(OC)c(OC)c(OC)c2)nc2ccccc12. The van der Waals surface area contributed by atoms with Crippen LogP contribution >= 0.6 is 0 Å². The number of rotatable bonds is 6. The Bertz CT molecular complexity index is 1100. The van der Waals surface area contributed by atoms with Crippen molar-refractivity contribution in [1.29, 1.82) is 0 Å². The Morgan fingerprint density at radius 2 is 1.75 bits per heavy atom. The number of para-hydroxylation sites is 1. The summed E-state index contributed by atoms with van der Waals surface area (Å²) >= 11 is 0. The van der Waals surface area contributed by atoms with Crippen LogP contribution in [0.5, 0.6) is 17.2 Å². The molecule has 1 aliphatic heterocycles. The highest BCUT2D eigenvalue weighted by molar-refractivity contribution is 6.07. The Kier molecular flexibility index (Phi) is 6.49. The van der Waals surface area contributed by atoms with Crippen LogP contribution in [0.15, 0.2) is 42.5 Å². The van der Waals surface area contributed by atoms with E-state index in [0.717, 1.165) is 42.3 Å². The number of hydrogen-bond donors (Lipinski definition) is 0. The summed E-state index contributed by atoms with van der Waals surface area (Å²) in [5.74, 6) is 1.69.